The molecule has 1 heterocycles. The molecule has 0 spiro atoms. The molecule has 0 amide bonds. The molecule has 0 saturated heterocycles. The molecular weight excluding hydrogens is 406 g/mol. The van der Waals surface area contributed by atoms with E-state index in [2.05, 4.69) is 27.0 Å². The van der Waals surface area contributed by atoms with E-state index in [1.807, 2.05) is 55.5 Å². The minimum atomic E-state index is 0.176. The molecule has 0 atom stereocenters. The fourth-order valence-corrected chi connectivity index (χ4v) is 3.18. The summed E-state index contributed by atoms with van der Waals surface area (Å²) in [5.74, 6) is 1.57. The molecule has 2 N–H and O–H groups in total. The Hall–Kier alpha value is -3.04. The summed E-state index contributed by atoms with van der Waals surface area (Å²) in [6.07, 6.45) is 0. The van der Waals surface area contributed by atoms with Crippen molar-refractivity contribution in [1.29, 1.82) is 5.26 Å². The van der Waals surface area contributed by atoms with Crippen LogP contribution in [0, 0.1) is 11.3 Å². The summed E-state index contributed by atoms with van der Waals surface area (Å²) >= 11 is 3.49. The summed E-state index contributed by atoms with van der Waals surface area (Å²) in [5.41, 5.74) is 9.40. The third-order valence-electron chi connectivity index (χ3n) is 4.06. The molecule has 0 unspecified atom stereocenters. The fourth-order valence-electron chi connectivity index (χ4n) is 2.82. The molecule has 0 aliphatic rings. The van der Waals surface area contributed by atoms with Crippen LogP contribution < -0.4 is 15.2 Å². The predicted molar refractivity (Wildman–Crippen MR) is 110 cm³/mol. The molecule has 0 radical (unpaired) electrons. The molecule has 0 saturated carbocycles. The summed E-state index contributed by atoms with van der Waals surface area (Å²) < 4.78 is 11.9. The van der Waals surface area contributed by atoms with Crippen molar-refractivity contribution in [3.8, 4) is 40.0 Å². The van der Waals surface area contributed by atoms with Gasteiger partial charge in [0, 0.05) is 21.2 Å². The first-order valence-electron chi connectivity index (χ1n) is 8.35. The van der Waals surface area contributed by atoms with Gasteiger partial charge >= 0.3 is 0 Å². The standard InChI is InChI=1S/C21H18BrN3O2/c1-3-27-20-8-7-14(22)10-17(20)16-11-19(25-21(24)18(16)12-23)13-5-4-6-15(9-13)26-2/h4-11H,3H2,1-2H3,(H2,24,25). The summed E-state index contributed by atoms with van der Waals surface area (Å²) in [6.45, 7) is 2.43. The highest BCUT2D eigenvalue weighted by Crippen LogP contribution is 2.38. The van der Waals surface area contributed by atoms with Gasteiger partial charge in [-0.3, -0.25) is 0 Å². The second-order valence-electron chi connectivity index (χ2n) is 5.73. The summed E-state index contributed by atoms with van der Waals surface area (Å²) in [4.78, 5) is 4.42. The number of anilines is 1. The maximum absolute atomic E-state index is 9.65. The van der Waals surface area contributed by atoms with E-state index in [0.717, 1.165) is 21.3 Å². The number of halogens is 1. The first kappa shape index (κ1) is 18.7. The van der Waals surface area contributed by atoms with E-state index in [1.54, 1.807) is 7.11 Å². The van der Waals surface area contributed by atoms with E-state index < -0.39 is 0 Å². The van der Waals surface area contributed by atoms with Crippen LogP contribution in [0.25, 0.3) is 22.4 Å². The van der Waals surface area contributed by atoms with E-state index >= 15 is 0 Å². The van der Waals surface area contributed by atoms with Crippen LogP contribution in [0.15, 0.2) is 53.0 Å². The van der Waals surface area contributed by atoms with Gasteiger partial charge in [0.2, 0.25) is 0 Å². The smallest absolute Gasteiger partial charge is 0.142 e. The Kier molecular flexibility index (Phi) is 5.63. The number of rotatable bonds is 5. The number of benzene rings is 2. The maximum atomic E-state index is 9.65. The minimum Gasteiger partial charge on any atom is -0.497 e. The zero-order chi connectivity index (χ0) is 19.4. The zero-order valence-corrected chi connectivity index (χ0v) is 16.6. The van der Waals surface area contributed by atoms with Crippen LogP contribution in [0.4, 0.5) is 5.82 Å². The normalized spacial score (nSPS) is 10.3. The molecular formula is C21H18BrN3O2. The van der Waals surface area contributed by atoms with Gasteiger partial charge in [0.25, 0.3) is 0 Å². The van der Waals surface area contributed by atoms with Crippen molar-refractivity contribution in [2.45, 2.75) is 6.92 Å². The molecule has 136 valence electrons. The predicted octanol–water partition coefficient (Wildman–Crippen LogP) is 5.04. The number of aromatic nitrogens is 1. The Bertz CT molecular complexity index is 1030. The molecule has 1 aromatic heterocycles. The van der Waals surface area contributed by atoms with Crippen LogP contribution >= 0.6 is 15.9 Å². The zero-order valence-electron chi connectivity index (χ0n) is 15.0. The number of pyridine rings is 1. The Morgan fingerprint density at radius 2 is 1.96 bits per heavy atom. The number of nitrogens with two attached hydrogens (primary N) is 1. The largest absolute Gasteiger partial charge is 0.497 e. The van der Waals surface area contributed by atoms with Crippen molar-refractivity contribution in [3.05, 3.63) is 58.6 Å². The Morgan fingerprint density at radius 1 is 1.15 bits per heavy atom. The maximum Gasteiger partial charge on any atom is 0.142 e. The van der Waals surface area contributed by atoms with Gasteiger partial charge < -0.3 is 15.2 Å². The first-order valence-corrected chi connectivity index (χ1v) is 9.14. The fraction of sp³-hybridized carbons (Fsp3) is 0.143. The van der Waals surface area contributed by atoms with Crippen LogP contribution in [0.5, 0.6) is 11.5 Å². The molecule has 6 heteroatoms. The molecule has 5 nitrogen and oxygen atoms in total. The molecule has 0 aliphatic heterocycles. The Balaban J connectivity index is 2.26. The topological polar surface area (TPSA) is 81.2 Å². The van der Waals surface area contributed by atoms with Gasteiger partial charge in [-0.05, 0) is 43.3 Å². The SMILES string of the molecule is CCOc1ccc(Br)cc1-c1cc(-c2cccc(OC)c2)nc(N)c1C#N. The lowest BCUT2D eigenvalue weighted by atomic mass is 9.97. The van der Waals surface area contributed by atoms with Crippen LogP contribution in [0.1, 0.15) is 12.5 Å². The monoisotopic (exact) mass is 423 g/mol. The number of nitrogens with zero attached hydrogens (tertiary/aromatic N) is 2. The number of nitriles is 1. The highest BCUT2D eigenvalue weighted by Gasteiger charge is 2.17. The van der Waals surface area contributed by atoms with Gasteiger partial charge in [0.05, 0.1) is 19.4 Å². The number of ether oxygens (including phenoxy) is 2. The van der Waals surface area contributed by atoms with E-state index in [4.69, 9.17) is 15.2 Å². The molecule has 3 aromatic rings. The lowest BCUT2D eigenvalue weighted by molar-refractivity contribution is 0.341. The van der Waals surface area contributed by atoms with Crippen LogP contribution in [0.2, 0.25) is 0 Å². The lowest BCUT2D eigenvalue weighted by Gasteiger charge is -2.15. The minimum absolute atomic E-state index is 0.176. The van der Waals surface area contributed by atoms with Crippen molar-refractivity contribution < 1.29 is 9.47 Å². The highest BCUT2D eigenvalue weighted by atomic mass is 79.9. The number of hydrogen-bond donors (Lipinski definition) is 1. The average molecular weight is 424 g/mol. The quantitative estimate of drug-likeness (QED) is 0.621. The molecule has 3 rings (SSSR count). The van der Waals surface area contributed by atoms with Gasteiger partial charge in [-0.2, -0.15) is 5.26 Å². The first-order chi connectivity index (χ1) is 13.1. The summed E-state index contributed by atoms with van der Waals surface area (Å²) in [7, 11) is 1.61. The van der Waals surface area contributed by atoms with E-state index in [-0.39, 0.29) is 5.82 Å². The van der Waals surface area contributed by atoms with Gasteiger partial charge in [-0.1, -0.05) is 28.1 Å². The number of hydrogen-bond acceptors (Lipinski definition) is 5. The van der Waals surface area contributed by atoms with E-state index in [0.29, 0.717) is 29.2 Å². The van der Waals surface area contributed by atoms with Gasteiger partial charge in [-0.15, -0.1) is 0 Å². The molecule has 0 fully saturated rings. The Labute approximate surface area is 166 Å². The molecule has 0 aliphatic carbocycles. The molecule has 2 aromatic carbocycles. The van der Waals surface area contributed by atoms with Crippen molar-refractivity contribution in [2.75, 3.05) is 19.5 Å². The van der Waals surface area contributed by atoms with Crippen molar-refractivity contribution >= 4 is 21.7 Å². The third-order valence-corrected chi connectivity index (χ3v) is 4.55. The molecule has 27 heavy (non-hydrogen) atoms. The van der Waals surface area contributed by atoms with Gasteiger partial charge in [-0.25, -0.2) is 4.98 Å². The summed E-state index contributed by atoms with van der Waals surface area (Å²) in [6, 6.07) is 17.2. The van der Waals surface area contributed by atoms with E-state index in [1.165, 1.54) is 0 Å². The summed E-state index contributed by atoms with van der Waals surface area (Å²) in [5, 5.41) is 9.65. The molecule has 0 bridgehead atoms. The van der Waals surface area contributed by atoms with E-state index in [9.17, 15) is 5.26 Å². The third kappa shape index (κ3) is 3.88. The number of methoxy groups -OCH3 is 1. The average Bonchev–Trinajstić information content (AvgIpc) is 2.69. The van der Waals surface area contributed by atoms with Crippen LogP contribution in [-0.2, 0) is 0 Å². The lowest BCUT2D eigenvalue weighted by Crippen LogP contribution is -2.01. The Morgan fingerprint density at radius 3 is 2.67 bits per heavy atom. The van der Waals surface area contributed by atoms with Gasteiger partial charge in [0.15, 0.2) is 0 Å². The second kappa shape index (κ2) is 8.11. The highest BCUT2D eigenvalue weighted by molar-refractivity contribution is 9.10. The van der Waals surface area contributed by atoms with Crippen molar-refractivity contribution in [2.24, 2.45) is 0 Å². The second-order valence-corrected chi connectivity index (χ2v) is 6.65. The van der Waals surface area contributed by atoms with Gasteiger partial charge in [0.1, 0.15) is 28.9 Å². The van der Waals surface area contributed by atoms with Crippen molar-refractivity contribution in [3.63, 3.8) is 0 Å². The van der Waals surface area contributed by atoms with Crippen molar-refractivity contribution in [1.82, 2.24) is 4.98 Å². The number of nitrogen functional groups attached to an aromatic ring is 1. The van der Waals surface area contributed by atoms with Crippen LogP contribution in [-0.4, -0.2) is 18.7 Å². The van der Waals surface area contributed by atoms with Crippen LogP contribution in [0.3, 0.4) is 0 Å².